The van der Waals surface area contributed by atoms with Gasteiger partial charge in [-0.1, -0.05) is 30.3 Å². The summed E-state index contributed by atoms with van der Waals surface area (Å²) in [5, 5.41) is 3.27. The molecule has 0 unspecified atom stereocenters. The van der Waals surface area contributed by atoms with Crippen LogP contribution in [-0.2, 0) is 6.42 Å². The van der Waals surface area contributed by atoms with Crippen molar-refractivity contribution in [3.05, 3.63) is 53.6 Å². The molecular weight excluding hydrogens is 210 g/mol. The molecule has 3 N–H and O–H groups in total. The Labute approximate surface area is 102 Å². The molecule has 3 nitrogen and oxygen atoms in total. The zero-order valence-corrected chi connectivity index (χ0v) is 9.98. The first-order valence-electron chi connectivity index (χ1n) is 5.76. The van der Waals surface area contributed by atoms with Crippen molar-refractivity contribution in [3.8, 4) is 0 Å². The first-order chi connectivity index (χ1) is 8.25. The van der Waals surface area contributed by atoms with Gasteiger partial charge in [-0.25, -0.2) is 4.98 Å². The quantitative estimate of drug-likeness (QED) is 0.844. The number of rotatable bonds is 4. The van der Waals surface area contributed by atoms with Crippen LogP contribution in [0, 0.1) is 6.92 Å². The Kier molecular flexibility index (Phi) is 3.60. The van der Waals surface area contributed by atoms with E-state index in [2.05, 4.69) is 41.5 Å². The van der Waals surface area contributed by atoms with Crippen molar-refractivity contribution in [2.45, 2.75) is 13.3 Å². The van der Waals surface area contributed by atoms with Crippen molar-refractivity contribution >= 4 is 11.6 Å². The maximum atomic E-state index is 5.61. The number of nitrogens with zero attached hydrogens (tertiary/aromatic N) is 1. The maximum Gasteiger partial charge on any atom is 0.128 e. The van der Waals surface area contributed by atoms with Crippen molar-refractivity contribution in [2.24, 2.45) is 0 Å². The minimum Gasteiger partial charge on any atom is -0.384 e. The highest BCUT2D eigenvalue weighted by atomic mass is 15.0. The lowest BCUT2D eigenvalue weighted by molar-refractivity contribution is 0.994. The molecule has 2 rings (SSSR count). The van der Waals surface area contributed by atoms with Gasteiger partial charge >= 0.3 is 0 Å². The van der Waals surface area contributed by atoms with Crippen LogP contribution in [0.25, 0.3) is 0 Å². The molecule has 0 spiro atoms. The molecule has 0 amide bonds. The molecule has 0 aliphatic rings. The number of nitrogens with one attached hydrogen (secondary N) is 1. The van der Waals surface area contributed by atoms with E-state index in [4.69, 9.17) is 5.73 Å². The summed E-state index contributed by atoms with van der Waals surface area (Å²) in [5.74, 6) is 1.38. The van der Waals surface area contributed by atoms with Crippen LogP contribution in [0.15, 0.2) is 42.5 Å². The van der Waals surface area contributed by atoms with Gasteiger partial charge in [0.1, 0.15) is 11.6 Å². The number of anilines is 2. The number of hydrogen-bond donors (Lipinski definition) is 2. The number of pyridine rings is 1. The Hall–Kier alpha value is -2.03. The SMILES string of the molecule is Cc1ccccc1CCNc1cccc(N)n1. The maximum absolute atomic E-state index is 5.61. The lowest BCUT2D eigenvalue weighted by Gasteiger charge is -2.08. The van der Waals surface area contributed by atoms with Gasteiger partial charge in [0.05, 0.1) is 0 Å². The van der Waals surface area contributed by atoms with E-state index in [0.717, 1.165) is 18.8 Å². The van der Waals surface area contributed by atoms with Crippen molar-refractivity contribution in [1.29, 1.82) is 0 Å². The van der Waals surface area contributed by atoms with Crippen LogP contribution < -0.4 is 11.1 Å². The summed E-state index contributed by atoms with van der Waals surface area (Å²) in [6.07, 6.45) is 0.989. The molecule has 1 aromatic heterocycles. The smallest absolute Gasteiger partial charge is 0.128 e. The lowest BCUT2D eigenvalue weighted by atomic mass is 10.1. The van der Waals surface area contributed by atoms with Gasteiger partial charge in [-0.3, -0.25) is 0 Å². The average molecular weight is 227 g/mol. The molecule has 0 aliphatic heterocycles. The second-order valence-corrected chi connectivity index (χ2v) is 4.05. The number of hydrogen-bond acceptors (Lipinski definition) is 3. The van der Waals surface area contributed by atoms with E-state index in [1.54, 1.807) is 6.07 Å². The molecule has 0 bridgehead atoms. The van der Waals surface area contributed by atoms with Crippen molar-refractivity contribution in [1.82, 2.24) is 4.98 Å². The summed E-state index contributed by atoms with van der Waals surface area (Å²) in [4.78, 5) is 4.19. The van der Waals surface area contributed by atoms with Gasteiger partial charge in [0.2, 0.25) is 0 Å². The van der Waals surface area contributed by atoms with E-state index in [1.165, 1.54) is 11.1 Å². The summed E-state index contributed by atoms with van der Waals surface area (Å²) in [7, 11) is 0. The molecule has 88 valence electrons. The fourth-order valence-corrected chi connectivity index (χ4v) is 1.77. The molecule has 0 radical (unpaired) electrons. The molecule has 1 aromatic carbocycles. The zero-order valence-electron chi connectivity index (χ0n) is 9.98. The van der Waals surface area contributed by atoms with Crippen LogP contribution in [0.2, 0.25) is 0 Å². The fraction of sp³-hybridized carbons (Fsp3) is 0.214. The van der Waals surface area contributed by atoms with Crippen LogP contribution in [0.3, 0.4) is 0 Å². The summed E-state index contributed by atoms with van der Waals surface area (Å²) in [6.45, 7) is 3.00. The lowest BCUT2D eigenvalue weighted by Crippen LogP contribution is -2.07. The Balaban J connectivity index is 1.90. The first-order valence-corrected chi connectivity index (χ1v) is 5.76. The molecule has 0 saturated heterocycles. The van der Waals surface area contributed by atoms with Crippen LogP contribution >= 0.6 is 0 Å². The average Bonchev–Trinajstić information content (AvgIpc) is 2.32. The monoisotopic (exact) mass is 227 g/mol. The summed E-state index contributed by atoms with van der Waals surface area (Å²) < 4.78 is 0. The molecule has 3 heteroatoms. The normalized spacial score (nSPS) is 10.2. The molecule has 1 heterocycles. The summed E-state index contributed by atoms with van der Waals surface area (Å²) >= 11 is 0. The summed E-state index contributed by atoms with van der Waals surface area (Å²) in [5.41, 5.74) is 8.31. The molecule has 0 aliphatic carbocycles. The van der Waals surface area contributed by atoms with Crippen LogP contribution in [0.4, 0.5) is 11.6 Å². The number of nitrogen functional groups attached to an aromatic ring is 1. The zero-order chi connectivity index (χ0) is 12.1. The molecule has 0 fully saturated rings. The second kappa shape index (κ2) is 5.34. The van der Waals surface area contributed by atoms with Crippen LogP contribution in [0.1, 0.15) is 11.1 Å². The van der Waals surface area contributed by atoms with E-state index in [0.29, 0.717) is 5.82 Å². The van der Waals surface area contributed by atoms with Crippen molar-refractivity contribution in [2.75, 3.05) is 17.6 Å². The van der Waals surface area contributed by atoms with Gasteiger partial charge < -0.3 is 11.1 Å². The van der Waals surface area contributed by atoms with E-state index in [1.807, 2.05) is 12.1 Å². The molecule has 0 atom stereocenters. The van der Waals surface area contributed by atoms with Crippen molar-refractivity contribution < 1.29 is 0 Å². The minimum absolute atomic E-state index is 0.547. The Morgan fingerprint density at radius 1 is 1.12 bits per heavy atom. The molecule has 0 saturated carbocycles. The van der Waals surface area contributed by atoms with Crippen LogP contribution in [0.5, 0.6) is 0 Å². The van der Waals surface area contributed by atoms with Crippen LogP contribution in [-0.4, -0.2) is 11.5 Å². The number of aryl methyl sites for hydroxylation is 1. The topological polar surface area (TPSA) is 50.9 Å². The Morgan fingerprint density at radius 2 is 1.94 bits per heavy atom. The van der Waals surface area contributed by atoms with E-state index < -0.39 is 0 Å². The molecular formula is C14H17N3. The molecule has 2 aromatic rings. The highest BCUT2D eigenvalue weighted by molar-refractivity contribution is 5.42. The van der Waals surface area contributed by atoms with E-state index in [9.17, 15) is 0 Å². The van der Waals surface area contributed by atoms with E-state index in [-0.39, 0.29) is 0 Å². The first kappa shape index (κ1) is 11.5. The fourth-order valence-electron chi connectivity index (χ4n) is 1.77. The predicted molar refractivity (Wildman–Crippen MR) is 72.0 cm³/mol. The third-order valence-electron chi connectivity index (χ3n) is 2.73. The largest absolute Gasteiger partial charge is 0.384 e. The minimum atomic E-state index is 0.547. The number of aromatic nitrogens is 1. The Bertz CT molecular complexity index is 494. The third kappa shape index (κ3) is 3.21. The van der Waals surface area contributed by atoms with Gasteiger partial charge in [0.15, 0.2) is 0 Å². The number of nitrogens with two attached hydrogens (primary N) is 1. The van der Waals surface area contributed by atoms with Gasteiger partial charge in [-0.05, 0) is 36.6 Å². The standard InChI is InChI=1S/C14H17N3/c1-11-5-2-3-6-12(11)9-10-16-14-8-4-7-13(15)17-14/h2-8H,9-10H2,1H3,(H3,15,16,17). The van der Waals surface area contributed by atoms with Gasteiger partial charge in [-0.2, -0.15) is 0 Å². The Morgan fingerprint density at radius 3 is 2.71 bits per heavy atom. The highest BCUT2D eigenvalue weighted by Crippen LogP contribution is 2.09. The van der Waals surface area contributed by atoms with Gasteiger partial charge in [0, 0.05) is 6.54 Å². The third-order valence-corrected chi connectivity index (χ3v) is 2.73. The second-order valence-electron chi connectivity index (χ2n) is 4.05. The van der Waals surface area contributed by atoms with E-state index >= 15 is 0 Å². The molecule has 17 heavy (non-hydrogen) atoms. The van der Waals surface area contributed by atoms with Gasteiger partial charge in [0.25, 0.3) is 0 Å². The van der Waals surface area contributed by atoms with Crippen molar-refractivity contribution in [3.63, 3.8) is 0 Å². The predicted octanol–water partition coefficient (Wildman–Crippen LogP) is 2.63. The summed E-state index contributed by atoms with van der Waals surface area (Å²) in [6, 6.07) is 14.0. The van der Waals surface area contributed by atoms with Gasteiger partial charge in [-0.15, -0.1) is 0 Å². The highest BCUT2D eigenvalue weighted by Gasteiger charge is 1.98. The number of benzene rings is 1.